The summed E-state index contributed by atoms with van der Waals surface area (Å²) >= 11 is 1.61. The summed E-state index contributed by atoms with van der Waals surface area (Å²) in [5, 5.41) is 9.65. The Morgan fingerprint density at radius 3 is 3.00 bits per heavy atom. The van der Waals surface area contributed by atoms with Gasteiger partial charge in [-0.25, -0.2) is 9.78 Å². The molecule has 0 radical (unpaired) electrons. The van der Waals surface area contributed by atoms with Crippen molar-refractivity contribution in [2.75, 3.05) is 11.9 Å². The predicted molar refractivity (Wildman–Crippen MR) is 94.3 cm³/mol. The van der Waals surface area contributed by atoms with Crippen molar-refractivity contribution in [1.82, 2.24) is 14.9 Å². The number of para-hydroxylation sites is 2. The zero-order valence-corrected chi connectivity index (χ0v) is 13.8. The zero-order valence-electron chi connectivity index (χ0n) is 13.0. The number of amides is 2. The van der Waals surface area contributed by atoms with Crippen LogP contribution in [0.25, 0.3) is 0 Å². The van der Waals surface area contributed by atoms with Gasteiger partial charge in [0.2, 0.25) is 0 Å². The molecule has 124 valence electrons. The SMILES string of the molecule is O=C(NCc1ccsc1)Nc1ccccc1OCCn1ccnc1. The van der Waals surface area contributed by atoms with E-state index in [2.05, 4.69) is 15.6 Å². The maximum absolute atomic E-state index is 12.0. The van der Waals surface area contributed by atoms with E-state index in [1.54, 1.807) is 23.9 Å². The number of nitrogens with one attached hydrogen (secondary N) is 2. The van der Waals surface area contributed by atoms with Crippen molar-refractivity contribution >= 4 is 23.1 Å². The largest absolute Gasteiger partial charge is 0.490 e. The highest BCUT2D eigenvalue weighted by atomic mass is 32.1. The molecule has 24 heavy (non-hydrogen) atoms. The van der Waals surface area contributed by atoms with Crippen LogP contribution in [0.4, 0.5) is 10.5 Å². The summed E-state index contributed by atoms with van der Waals surface area (Å²) in [6, 6.07) is 9.11. The van der Waals surface area contributed by atoms with Crippen LogP contribution in [-0.2, 0) is 13.1 Å². The van der Waals surface area contributed by atoms with E-state index >= 15 is 0 Å². The lowest BCUT2D eigenvalue weighted by Crippen LogP contribution is -2.28. The van der Waals surface area contributed by atoms with Crippen LogP contribution in [0, 0.1) is 0 Å². The number of urea groups is 1. The molecule has 0 aliphatic carbocycles. The Morgan fingerprint density at radius 2 is 2.21 bits per heavy atom. The summed E-state index contributed by atoms with van der Waals surface area (Å²) < 4.78 is 7.71. The van der Waals surface area contributed by atoms with Gasteiger partial charge in [-0.1, -0.05) is 12.1 Å². The first-order chi connectivity index (χ1) is 11.8. The van der Waals surface area contributed by atoms with Gasteiger partial charge in [0, 0.05) is 18.9 Å². The number of nitrogens with zero attached hydrogens (tertiary/aromatic N) is 2. The number of hydrogen-bond donors (Lipinski definition) is 2. The summed E-state index contributed by atoms with van der Waals surface area (Å²) in [5.74, 6) is 0.642. The summed E-state index contributed by atoms with van der Waals surface area (Å²) in [6.07, 6.45) is 5.35. The summed E-state index contributed by atoms with van der Waals surface area (Å²) in [7, 11) is 0. The quantitative estimate of drug-likeness (QED) is 0.692. The Labute approximate surface area is 144 Å². The lowest BCUT2D eigenvalue weighted by Gasteiger charge is -2.13. The Bertz CT molecular complexity index is 757. The molecule has 0 aliphatic heterocycles. The Balaban J connectivity index is 1.52. The van der Waals surface area contributed by atoms with Gasteiger partial charge in [0.05, 0.1) is 18.6 Å². The molecule has 3 aromatic rings. The number of hydrogen-bond acceptors (Lipinski definition) is 4. The monoisotopic (exact) mass is 342 g/mol. The molecule has 7 heteroatoms. The minimum absolute atomic E-state index is 0.258. The molecule has 0 saturated carbocycles. The smallest absolute Gasteiger partial charge is 0.319 e. The number of ether oxygens (including phenoxy) is 1. The number of benzene rings is 1. The molecule has 2 heterocycles. The molecule has 0 unspecified atom stereocenters. The first-order valence-electron chi connectivity index (χ1n) is 7.55. The molecule has 0 atom stereocenters. The average Bonchev–Trinajstić information content (AvgIpc) is 3.28. The van der Waals surface area contributed by atoms with Crippen LogP contribution < -0.4 is 15.4 Å². The number of rotatable bonds is 7. The minimum Gasteiger partial charge on any atom is -0.490 e. The van der Waals surface area contributed by atoms with Crippen molar-refractivity contribution in [3.05, 3.63) is 65.4 Å². The van der Waals surface area contributed by atoms with Crippen molar-refractivity contribution in [2.45, 2.75) is 13.1 Å². The van der Waals surface area contributed by atoms with E-state index in [4.69, 9.17) is 4.74 Å². The van der Waals surface area contributed by atoms with Crippen LogP contribution >= 0.6 is 11.3 Å². The lowest BCUT2D eigenvalue weighted by atomic mass is 10.3. The van der Waals surface area contributed by atoms with E-state index in [-0.39, 0.29) is 6.03 Å². The van der Waals surface area contributed by atoms with Crippen molar-refractivity contribution in [1.29, 1.82) is 0 Å². The van der Waals surface area contributed by atoms with E-state index in [0.29, 0.717) is 31.1 Å². The number of imidazole rings is 1. The molecule has 0 spiro atoms. The van der Waals surface area contributed by atoms with E-state index < -0.39 is 0 Å². The lowest BCUT2D eigenvalue weighted by molar-refractivity contribution is 0.251. The average molecular weight is 342 g/mol. The second-order valence-corrected chi connectivity index (χ2v) is 5.86. The van der Waals surface area contributed by atoms with Crippen LogP contribution in [0.5, 0.6) is 5.75 Å². The van der Waals surface area contributed by atoms with Crippen LogP contribution in [0.3, 0.4) is 0 Å². The Hall–Kier alpha value is -2.80. The van der Waals surface area contributed by atoms with E-state index in [0.717, 1.165) is 5.56 Å². The fourth-order valence-corrected chi connectivity index (χ4v) is 2.79. The molecule has 6 nitrogen and oxygen atoms in total. The molecule has 2 N–H and O–H groups in total. The summed E-state index contributed by atoms with van der Waals surface area (Å²) in [4.78, 5) is 16.0. The fourth-order valence-electron chi connectivity index (χ4n) is 2.12. The third kappa shape index (κ3) is 4.60. The summed E-state index contributed by atoms with van der Waals surface area (Å²) in [6.45, 7) is 1.68. The van der Waals surface area contributed by atoms with Gasteiger partial charge in [0.25, 0.3) is 0 Å². The standard InChI is InChI=1S/C17H18N4O2S/c22-17(19-11-14-5-10-24-12-14)20-15-3-1-2-4-16(15)23-9-8-21-7-6-18-13-21/h1-7,10,12-13H,8-9,11H2,(H2,19,20,22). The molecule has 0 bridgehead atoms. The second kappa shape index (κ2) is 8.16. The van der Waals surface area contributed by atoms with Crippen LogP contribution in [0.1, 0.15) is 5.56 Å². The van der Waals surface area contributed by atoms with Gasteiger partial charge in [-0.05, 0) is 34.5 Å². The molecule has 2 amide bonds. The third-order valence-corrected chi connectivity index (χ3v) is 4.07. The van der Waals surface area contributed by atoms with Gasteiger partial charge < -0.3 is 19.9 Å². The van der Waals surface area contributed by atoms with E-state index in [1.807, 2.05) is 51.9 Å². The van der Waals surface area contributed by atoms with Gasteiger partial charge in [0.15, 0.2) is 0 Å². The van der Waals surface area contributed by atoms with Gasteiger partial charge >= 0.3 is 6.03 Å². The number of thiophene rings is 1. The number of aromatic nitrogens is 2. The molecule has 0 aliphatic rings. The van der Waals surface area contributed by atoms with Crippen molar-refractivity contribution < 1.29 is 9.53 Å². The maximum Gasteiger partial charge on any atom is 0.319 e. The first-order valence-corrected chi connectivity index (χ1v) is 8.49. The third-order valence-electron chi connectivity index (χ3n) is 3.33. The Morgan fingerprint density at radius 1 is 1.29 bits per heavy atom. The molecule has 0 saturated heterocycles. The number of anilines is 1. The van der Waals surface area contributed by atoms with E-state index in [9.17, 15) is 4.79 Å². The molecular formula is C17H18N4O2S. The highest BCUT2D eigenvalue weighted by molar-refractivity contribution is 7.07. The van der Waals surface area contributed by atoms with Crippen LogP contribution in [0.15, 0.2) is 59.8 Å². The van der Waals surface area contributed by atoms with Gasteiger partial charge in [-0.3, -0.25) is 0 Å². The van der Waals surface area contributed by atoms with Crippen molar-refractivity contribution in [3.63, 3.8) is 0 Å². The van der Waals surface area contributed by atoms with E-state index in [1.165, 1.54) is 0 Å². The number of carbonyl (C=O) groups excluding carboxylic acids is 1. The van der Waals surface area contributed by atoms with Crippen LogP contribution in [0.2, 0.25) is 0 Å². The van der Waals surface area contributed by atoms with Gasteiger partial charge in [-0.2, -0.15) is 11.3 Å². The van der Waals surface area contributed by atoms with Gasteiger partial charge in [-0.15, -0.1) is 0 Å². The zero-order chi connectivity index (χ0) is 16.6. The first kappa shape index (κ1) is 16.1. The molecule has 0 fully saturated rings. The Kier molecular flexibility index (Phi) is 5.47. The molecule has 2 aromatic heterocycles. The molecule has 1 aromatic carbocycles. The summed E-state index contributed by atoms with van der Waals surface area (Å²) in [5.41, 5.74) is 1.73. The molecule has 3 rings (SSSR count). The predicted octanol–water partition coefficient (Wildman–Crippen LogP) is 3.35. The highest BCUT2D eigenvalue weighted by Crippen LogP contribution is 2.23. The second-order valence-electron chi connectivity index (χ2n) is 5.08. The molecular weight excluding hydrogens is 324 g/mol. The van der Waals surface area contributed by atoms with Crippen molar-refractivity contribution in [2.24, 2.45) is 0 Å². The maximum atomic E-state index is 12.0. The van der Waals surface area contributed by atoms with Crippen LogP contribution in [-0.4, -0.2) is 22.2 Å². The highest BCUT2D eigenvalue weighted by Gasteiger charge is 2.07. The van der Waals surface area contributed by atoms with Crippen molar-refractivity contribution in [3.8, 4) is 5.75 Å². The minimum atomic E-state index is -0.258. The topological polar surface area (TPSA) is 68.2 Å². The number of carbonyl (C=O) groups is 1. The van der Waals surface area contributed by atoms with Gasteiger partial charge in [0.1, 0.15) is 12.4 Å². The normalized spacial score (nSPS) is 10.3. The fraction of sp³-hybridized carbons (Fsp3) is 0.176.